The van der Waals surface area contributed by atoms with Crippen LogP contribution >= 0.6 is 12.4 Å². The largest absolute Gasteiger partial charge is 0.420 e. The third kappa shape index (κ3) is 3.26. The van der Waals surface area contributed by atoms with E-state index in [0.717, 1.165) is 19.6 Å². The zero-order valence-electron chi connectivity index (χ0n) is 16.2. The molecule has 0 aliphatic carbocycles. The van der Waals surface area contributed by atoms with Gasteiger partial charge < -0.3 is 14.6 Å². The Bertz CT molecular complexity index is 1110. The van der Waals surface area contributed by atoms with Gasteiger partial charge in [-0.15, -0.1) is 12.4 Å². The summed E-state index contributed by atoms with van der Waals surface area (Å²) in [6.45, 7) is 4.68. The lowest BCUT2D eigenvalue weighted by Gasteiger charge is -2.29. The fourth-order valence-corrected chi connectivity index (χ4v) is 4.88. The lowest BCUT2D eigenvalue weighted by Crippen LogP contribution is -2.38. The van der Waals surface area contributed by atoms with E-state index in [2.05, 4.69) is 24.4 Å². The lowest BCUT2D eigenvalue weighted by molar-refractivity contribution is -0.133. The summed E-state index contributed by atoms with van der Waals surface area (Å²) in [6.07, 6.45) is 0. The maximum absolute atomic E-state index is 13.3. The molecule has 0 saturated carbocycles. The number of hydrogen-bond donors (Lipinski definition) is 1. The Hall–Kier alpha value is -2.57. The van der Waals surface area contributed by atoms with E-state index in [-0.39, 0.29) is 30.9 Å². The number of benzene rings is 2. The highest BCUT2D eigenvalue weighted by molar-refractivity contribution is 5.85. The van der Waals surface area contributed by atoms with Gasteiger partial charge in [-0.05, 0) is 36.1 Å². The van der Waals surface area contributed by atoms with Crippen molar-refractivity contribution in [2.24, 2.45) is 11.8 Å². The number of nitrogens with one attached hydrogen (secondary N) is 1. The number of para-hydroxylation sites is 2. The predicted octanol–water partition coefficient (Wildman–Crippen LogP) is 2.74. The number of carbonyl (C=O) groups excluding carboxylic acids is 1. The van der Waals surface area contributed by atoms with Gasteiger partial charge in [-0.25, -0.2) is 4.79 Å². The Morgan fingerprint density at radius 1 is 1.14 bits per heavy atom. The smallest absolute Gasteiger partial charge is 0.408 e. The summed E-state index contributed by atoms with van der Waals surface area (Å²) in [7, 11) is 0. The average molecular weight is 414 g/mol. The summed E-state index contributed by atoms with van der Waals surface area (Å²) >= 11 is 0. The summed E-state index contributed by atoms with van der Waals surface area (Å²) in [4.78, 5) is 27.6. The quantitative estimate of drug-likeness (QED) is 0.717. The van der Waals surface area contributed by atoms with E-state index in [1.807, 2.05) is 35.2 Å². The Morgan fingerprint density at radius 2 is 1.90 bits per heavy atom. The van der Waals surface area contributed by atoms with Gasteiger partial charge >= 0.3 is 5.76 Å². The summed E-state index contributed by atoms with van der Waals surface area (Å²) < 4.78 is 6.74. The van der Waals surface area contributed by atoms with Crippen LogP contribution < -0.4 is 11.1 Å². The van der Waals surface area contributed by atoms with Crippen LogP contribution in [0.25, 0.3) is 11.1 Å². The second-order valence-corrected chi connectivity index (χ2v) is 7.85. The molecule has 2 aliphatic heterocycles. The first-order chi connectivity index (χ1) is 13.6. The molecule has 3 atom stereocenters. The topological polar surface area (TPSA) is 67.5 Å². The standard InChI is InChI=1S/C22H23N3O3.ClH/c1-14-6-2-3-7-16(14)21-17-11-23-10-15(17)12-25(21)20(26)13-24-18-8-4-5-9-19(18)28-22(24)27;/h2-9,15,17,21,23H,10-13H2,1H3;1H/t15-,17-,21+;/m0./s1. The maximum Gasteiger partial charge on any atom is 0.420 e. The van der Waals surface area contributed by atoms with E-state index < -0.39 is 5.76 Å². The van der Waals surface area contributed by atoms with E-state index in [1.165, 1.54) is 15.7 Å². The molecule has 2 fully saturated rings. The third-order valence-corrected chi connectivity index (χ3v) is 6.26. The van der Waals surface area contributed by atoms with Crippen molar-refractivity contribution in [2.75, 3.05) is 19.6 Å². The minimum atomic E-state index is -0.483. The predicted molar refractivity (Wildman–Crippen MR) is 113 cm³/mol. The molecule has 1 amide bonds. The molecule has 7 heteroatoms. The van der Waals surface area contributed by atoms with Crippen LogP contribution in [0.1, 0.15) is 17.2 Å². The first kappa shape index (κ1) is 19.7. The molecule has 0 bridgehead atoms. The molecule has 152 valence electrons. The Balaban J connectivity index is 0.00000205. The van der Waals surface area contributed by atoms with Crippen molar-refractivity contribution in [1.82, 2.24) is 14.8 Å². The van der Waals surface area contributed by atoms with Crippen molar-refractivity contribution in [3.63, 3.8) is 0 Å². The van der Waals surface area contributed by atoms with Crippen LogP contribution in [-0.4, -0.2) is 35.0 Å². The van der Waals surface area contributed by atoms with E-state index in [9.17, 15) is 9.59 Å². The molecule has 0 unspecified atom stereocenters. The monoisotopic (exact) mass is 413 g/mol. The van der Waals surface area contributed by atoms with E-state index in [4.69, 9.17) is 4.42 Å². The summed E-state index contributed by atoms with van der Waals surface area (Å²) in [5, 5.41) is 3.47. The number of oxazole rings is 1. The highest BCUT2D eigenvalue weighted by Crippen LogP contribution is 2.43. The highest BCUT2D eigenvalue weighted by atomic mass is 35.5. The second kappa shape index (κ2) is 7.69. The Labute approximate surface area is 174 Å². The van der Waals surface area contributed by atoms with Crippen molar-refractivity contribution in [3.8, 4) is 0 Å². The minimum Gasteiger partial charge on any atom is -0.408 e. The van der Waals surface area contributed by atoms with Gasteiger partial charge in [0.2, 0.25) is 5.91 Å². The van der Waals surface area contributed by atoms with Crippen LogP contribution in [0.15, 0.2) is 57.7 Å². The van der Waals surface area contributed by atoms with Gasteiger partial charge in [0.25, 0.3) is 0 Å². The number of likely N-dealkylation sites (tertiary alicyclic amines) is 1. The molecule has 5 rings (SSSR count). The highest BCUT2D eigenvalue weighted by Gasteiger charge is 2.47. The number of aryl methyl sites for hydroxylation is 1. The number of fused-ring (bicyclic) bond motifs is 2. The lowest BCUT2D eigenvalue weighted by atomic mass is 9.87. The SMILES string of the molecule is Cc1ccccc1[C@@H]1[C@H]2CNC[C@H]2CN1C(=O)Cn1c(=O)oc2ccccc21.Cl. The number of aromatic nitrogens is 1. The van der Waals surface area contributed by atoms with Crippen LogP contribution in [-0.2, 0) is 11.3 Å². The fourth-order valence-electron chi connectivity index (χ4n) is 4.88. The van der Waals surface area contributed by atoms with Crippen molar-refractivity contribution < 1.29 is 9.21 Å². The molecular formula is C22H24ClN3O3. The molecular weight excluding hydrogens is 390 g/mol. The Morgan fingerprint density at radius 3 is 2.72 bits per heavy atom. The summed E-state index contributed by atoms with van der Waals surface area (Å²) in [6, 6.07) is 15.6. The zero-order chi connectivity index (χ0) is 19.3. The number of amides is 1. The Kier molecular flexibility index (Phi) is 5.23. The van der Waals surface area contributed by atoms with E-state index in [1.54, 1.807) is 6.07 Å². The van der Waals surface area contributed by atoms with Gasteiger partial charge in [0, 0.05) is 25.6 Å². The first-order valence-electron chi connectivity index (χ1n) is 9.77. The fraction of sp³-hybridized carbons (Fsp3) is 0.364. The van der Waals surface area contributed by atoms with Gasteiger partial charge in [0.1, 0.15) is 6.54 Å². The zero-order valence-corrected chi connectivity index (χ0v) is 17.0. The van der Waals surface area contributed by atoms with Gasteiger partial charge in [0.15, 0.2) is 5.58 Å². The molecule has 2 aliphatic rings. The number of hydrogen-bond acceptors (Lipinski definition) is 4. The first-order valence-corrected chi connectivity index (χ1v) is 9.77. The molecule has 0 radical (unpaired) electrons. The average Bonchev–Trinajstić information content (AvgIpc) is 3.36. The van der Waals surface area contributed by atoms with Crippen molar-refractivity contribution >= 4 is 29.4 Å². The van der Waals surface area contributed by atoms with E-state index in [0.29, 0.717) is 22.9 Å². The number of carbonyl (C=O) groups is 1. The van der Waals surface area contributed by atoms with Crippen LogP contribution in [0.4, 0.5) is 0 Å². The van der Waals surface area contributed by atoms with Crippen molar-refractivity contribution in [2.45, 2.75) is 19.5 Å². The molecule has 29 heavy (non-hydrogen) atoms. The second-order valence-electron chi connectivity index (χ2n) is 7.85. The molecule has 3 aromatic rings. The minimum absolute atomic E-state index is 0. The van der Waals surface area contributed by atoms with Crippen LogP contribution in [0, 0.1) is 18.8 Å². The molecule has 1 aromatic heterocycles. The maximum atomic E-state index is 13.3. The van der Waals surface area contributed by atoms with E-state index >= 15 is 0 Å². The van der Waals surface area contributed by atoms with Crippen LogP contribution in [0.2, 0.25) is 0 Å². The molecule has 3 heterocycles. The van der Waals surface area contributed by atoms with Gasteiger partial charge in [-0.3, -0.25) is 9.36 Å². The molecule has 0 spiro atoms. The van der Waals surface area contributed by atoms with Gasteiger partial charge in [-0.2, -0.15) is 0 Å². The number of halogens is 1. The van der Waals surface area contributed by atoms with Gasteiger partial charge in [0.05, 0.1) is 11.6 Å². The molecule has 6 nitrogen and oxygen atoms in total. The summed E-state index contributed by atoms with van der Waals surface area (Å²) in [5.41, 5.74) is 3.58. The number of nitrogens with zero attached hydrogens (tertiary/aromatic N) is 2. The third-order valence-electron chi connectivity index (χ3n) is 6.26. The van der Waals surface area contributed by atoms with Gasteiger partial charge in [-0.1, -0.05) is 36.4 Å². The molecule has 2 aromatic carbocycles. The molecule has 2 saturated heterocycles. The number of rotatable bonds is 3. The normalized spacial score (nSPS) is 23.2. The van der Waals surface area contributed by atoms with Crippen molar-refractivity contribution in [1.29, 1.82) is 0 Å². The summed E-state index contributed by atoms with van der Waals surface area (Å²) in [5.74, 6) is 0.341. The van der Waals surface area contributed by atoms with Crippen LogP contribution in [0.5, 0.6) is 0 Å². The molecule has 1 N–H and O–H groups in total. The van der Waals surface area contributed by atoms with Crippen LogP contribution in [0.3, 0.4) is 0 Å². The van der Waals surface area contributed by atoms with Crippen molar-refractivity contribution in [3.05, 3.63) is 70.2 Å².